The molecule has 1 atom stereocenters. The second kappa shape index (κ2) is 4.57. The third-order valence-corrected chi connectivity index (χ3v) is 3.61. The van der Waals surface area contributed by atoms with Crippen molar-refractivity contribution in [3.05, 3.63) is 34.9 Å². The van der Waals surface area contributed by atoms with E-state index in [0.717, 1.165) is 12.5 Å². The molecule has 5 heteroatoms. The van der Waals surface area contributed by atoms with Crippen molar-refractivity contribution in [2.75, 3.05) is 6.54 Å². The number of hydrogen-bond donors (Lipinski definition) is 1. The van der Waals surface area contributed by atoms with Gasteiger partial charge in [0, 0.05) is 18.8 Å². The zero-order valence-electron chi connectivity index (χ0n) is 10.5. The zero-order chi connectivity index (χ0) is 12.5. The number of fused-ring (bicyclic) bond motifs is 1. The van der Waals surface area contributed by atoms with Crippen LogP contribution in [-0.4, -0.2) is 26.8 Å². The van der Waals surface area contributed by atoms with Crippen molar-refractivity contribution in [3.8, 4) is 0 Å². The van der Waals surface area contributed by atoms with Crippen molar-refractivity contribution in [1.82, 2.24) is 19.5 Å². The van der Waals surface area contributed by atoms with E-state index in [1.807, 2.05) is 18.2 Å². The van der Waals surface area contributed by atoms with Crippen LogP contribution in [0.1, 0.15) is 19.8 Å². The molecule has 96 valence electrons. The molecular formula is C13H18N4O. The number of nitrogens with zero attached hydrogens (tertiary/aromatic N) is 3. The van der Waals surface area contributed by atoms with E-state index in [-0.39, 0.29) is 5.69 Å². The van der Waals surface area contributed by atoms with Gasteiger partial charge in [-0.25, -0.2) is 9.48 Å². The summed E-state index contributed by atoms with van der Waals surface area (Å²) >= 11 is 0. The van der Waals surface area contributed by atoms with Gasteiger partial charge in [0.25, 0.3) is 0 Å². The van der Waals surface area contributed by atoms with Crippen LogP contribution in [-0.2, 0) is 6.54 Å². The molecule has 18 heavy (non-hydrogen) atoms. The second-order valence-corrected chi connectivity index (χ2v) is 5.01. The summed E-state index contributed by atoms with van der Waals surface area (Å²) in [7, 11) is 0. The molecule has 1 N–H and O–H groups in total. The lowest BCUT2D eigenvalue weighted by atomic mass is 10.2. The number of rotatable bonds is 5. The highest BCUT2D eigenvalue weighted by Crippen LogP contribution is 2.32. The van der Waals surface area contributed by atoms with Crippen molar-refractivity contribution in [3.63, 3.8) is 0 Å². The van der Waals surface area contributed by atoms with Crippen molar-refractivity contribution in [2.24, 2.45) is 5.92 Å². The van der Waals surface area contributed by atoms with Crippen LogP contribution in [0.3, 0.4) is 0 Å². The maximum atomic E-state index is 12.0. The molecule has 0 aliphatic heterocycles. The molecule has 1 saturated carbocycles. The molecule has 0 bridgehead atoms. The summed E-state index contributed by atoms with van der Waals surface area (Å²) in [5.41, 5.74) is 0.643. The van der Waals surface area contributed by atoms with Crippen LogP contribution >= 0.6 is 0 Å². The molecule has 0 saturated heterocycles. The molecule has 0 spiro atoms. The van der Waals surface area contributed by atoms with Crippen molar-refractivity contribution >= 4 is 5.65 Å². The van der Waals surface area contributed by atoms with Crippen LogP contribution < -0.4 is 11.0 Å². The first-order valence-electron chi connectivity index (χ1n) is 6.53. The lowest BCUT2D eigenvalue weighted by Crippen LogP contribution is -2.33. The molecule has 1 unspecified atom stereocenters. The van der Waals surface area contributed by atoms with Gasteiger partial charge in [-0.15, -0.1) is 5.10 Å². The average Bonchev–Trinajstić information content (AvgIpc) is 3.17. The first-order valence-corrected chi connectivity index (χ1v) is 6.53. The number of hydrogen-bond acceptors (Lipinski definition) is 3. The summed E-state index contributed by atoms with van der Waals surface area (Å²) in [4.78, 5) is 12.0. The Balaban J connectivity index is 1.67. The molecule has 3 rings (SSSR count). The molecule has 0 aromatic carbocycles. The van der Waals surface area contributed by atoms with Gasteiger partial charge in [-0.1, -0.05) is 6.07 Å². The van der Waals surface area contributed by atoms with Gasteiger partial charge in [0.15, 0.2) is 5.65 Å². The summed E-state index contributed by atoms with van der Waals surface area (Å²) in [5.74, 6) is 0.836. The highest BCUT2D eigenvalue weighted by atomic mass is 16.2. The molecule has 1 aliphatic rings. The van der Waals surface area contributed by atoms with E-state index >= 15 is 0 Å². The van der Waals surface area contributed by atoms with Crippen LogP contribution in [0.2, 0.25) is 0 Å². The third kappa shape index (κ3) is 2.18. The van der Waals surface area contributed by atoms with Crippen molar-refractivity contribution < 1.29 is 0 Å². The minimum Gasteiger partial charge on any atom is -0.312 e. The van der Waals surface area contributed by atoms with E-state index < -0.39 is 0 Å². The quantitative estimate of drug-likeness (QED) is 0.852. The van der Waals surface area contributed by atoms with E-state index in [1.54, 1.807) is 10.6 Å². The van der Waals surface area contributed by atoms with E-state index in [1.165, 1.54) is 17.5 Å². The van der Waals surface area contributed by atoms with Crippen LogP contribution in [0.4, 0.5) is 0 Å². The van der Waals surface area contributed by atoms with Gasteiger partial charge >= 0.3 is 5.69 Å². The smallest absolute Gasteiger partial charge is 0.312 e. The zero-order valence-corrected chi connectivity index (χ0v) is 10.5. The monoisotopic (exact) mass is 246 g/mol. The van der Waals surface area contributed by atoms with Crippen LogP contribution in [0, 0.1) is 5.92 Å². The third-order valence-electron chi connectivity index (χ3n) is 3.61. The topological polar surface area (TPSA) is 51.3 Å². The van der Waals surface area contributed by atoms with Crippen LogP contribution in [0.25, 0.3) is 5.65 Å². The number of nitrogens with one attached hydrogen (secondary N) is 1. The standard InChI is InChI=1S/C13H18N4O/c1-10(11-5-6-11)14-7-9-17-13(18)16-8-3-2-4-12(16)15-17/h2-4,8,10-11,14H,5-7,9H2,1H3. The fraction of sp³-hybridized carbons (Fsp3) is 0.538. The van der Waals surface area contributed by atoms with Gasteiger partial charge in [-0.2, -0.15) is 0 Å². The van der Waals surface area contributed by atoms with Gasteiger partial charge in [0.1, 0.15) is 0 Å². The van der Waals surface area contributed by atoms with Gasteiger partial charge in [-0.05, 0) is 37.8 Å². The normalized spacial score (nSPS) is 17.2. The Labute approximate surface area is 105 Å². The maximum Gasteiger partial charge on any atom is 0.350 e. The number of aromatic nitrogens is 3. The summed E-state index contributed by atoms with van der Waals surface area (Å²) in [6.45, 7) is 3.63. The van der Waals surface area contributed by atoms with Gasteiger partial charge < -0.3 is 5.32 Å². The van der Waals surface area contributed by atoms with Crippen molar-refractivity contribution in [2.45, 2.75) is 32.4 Å². The molecule has 1 fully saturated rings. The van der Waals surface area contributed by atoms with Crippen LogP contribution in [0.5, 0.6) is 0 Å². The lowest BCUT2D eigenvalue weighted by molar-refractivity contribution is 0.458. The molecule has 0 radical (unpaired) electrons. The van der Waals surface area contributed by atoms with Crippen molar-refractivity contribution in [1.29, 1.82) is 0 Å². The minimum atomic E-state index is -0.0634. The Kier molecular flexibility index (Phi) is 2.91. The molecule has 0 amide bonds. The summed E-state index contributed by atoms with van der Waals surface area (Å²) in [5, 5.41) is 7.75. The van der Waals surface area contributed by atoms with Gasteiger partial charge in [-0.3, -0.25) is 4.40 Å². The maximum absolute atomic E-state index is 12.0. The minimum absolute atomic E-state index is 0.0634. The Hall–Kier alpha value is -1.62. The fourth-order valence-corrected chi connectivity index (χ4v) is 2.27. The van der Waals surface area contributed by atoms with E-state index in [4.69, 9.17) is 0 Å². The molecule has 2 aromatic heterocycles. The first-order chi connectivity index (χ1) is 8.75. The SMILES string of the molecule is CC(NCCn1nc2ccccn2c1=O)C1CC1. The van der Waals surface area contributed by atoms with E-state index in [2.05, 4.69) is 17.3 Å². The summed E-state index contributed by atoms with van der Waals surface area (Å²) < 4.78 is 3.10. The van der Waals surface area contributed by atoms with Gasteiger partial charge in [0.05, 0.1) is 6.54 Å². The highest BCUT2D eigenvalue weighted by molar-refractivity contribution is 5.35. The highest BCUT2D eigenvalue weighted by Gasteiger charge is 2.27. The Morgan fingerprint density at radius 1 is 1.50 bits per heavy atom. The largest absolute Gasteiger partial charge is 0.350 e. The summed E-state index contributed by atoms with van der Waals surface area (Å²) in [6.07, 6.45) is 4.42. The Morgan fingerprint density at radius 2 is 2.33 bits per heavy atom. The predicted octanol–water partition coefficient (Wildman–Crippen LogP) is 0.884. The fourth-order valence-electron chi connectivity index (χ4n) is 2.27. The van der Waals surface area contributed by atoms with Crippen LogP contribution in [0.15, 0.2) is 29.2 Å². The second-order valence-electron chi connectivity index (χ2n) is 5.01. The molecule has 5 nitrogen and oxygen atoms in total. The van der Waals surface area contributed by atoms with Gasteiger partial charge in [0.2, 0.25) is 0 Å². The van der Waals surface area contributed by atoms with E-state index in [0.29, 0.717) is 18.2 Å². The molecular weight excluding hydrogens is 228 g/mol. The predicted molar refractivity (Wildman–Crippen MR) is 69.6 cm³/mol. The average molecular weight is 246 g/mol. The Morgan fingerprint density at radius 3 is 3.06 bits per heavy atom. The van der Waals surface area contributed by atoms with E-state index in [9.17, 15) is 4.79 Å². The Bertz CT molecular complexity index is 596. The molecule has 2 aromatic rings. The first kappa shape index (κ1) is 11.5. The summed E-state index contributed by atoms with van der Waals surface area (Å²) in [6, 6.07) is 6.13. The lowest BCUT2D eigenvalue weighted by Gasteiger charge is -2.11. The number of pyridine rings is 1. The molecule has 1 aliphatic carbocycles. The molecule has 2 heterocycles.